The number of aliphatic imine (C=N–C) groups is 1. The van der Waals surface area contributed by atoms with Crippen LogP contribution in [0.25, 0.3) is 0 Å². The van der Waals surface area contributed by atoms with E-state index in [1.54, 1.807) is 14.2 Å². The largest absolute Gasteiger partial charge is 0.490 e. The Bertz CT molecular complexity index is 567. The van der Waals surface area contributed by atoms with Gasteiger partial charge in [-0.2, -0.15) is 0 Å². The summed E-state index contributed by atoms with van der Waals surface area (Å²) in [5, 5.41) is 6.76. The molecular weight excluding hydrogens is 358 g/mol. The average Bonchev–Trinajstić information content (AvgIpc) is 2.70. The Hall–Kier alpha value is -1.99. The molecule has 0 spiro atoms. The molecule has 28 heavy (non-hydrogen) atoms. The second-order valence-corrected chi connectivity index (χ2v) is 6.25. The van der Waals surface area contributed by atoms with Crippen LogP contribution >= 0.6 is 0 Å². The molecule has 1 rings (SSSR count). The van der Waals surface area contributed by atoms with Crippen LogP contribution in [-0.4, -0.2) is 59.7 Å². The van der Waals surface area contributed by atoms with Gasteiger partial charge in [0.2, 0.25) is 0 Å². The average molecular weight is 396 g/mol. The molecule has 0 amide bonds. The van der Waals surface area contributed by atoms with E-state index in [2.05, 4.69) is 28.6 Å². The van der Waals surface area contributed by atoms with Gasteiger partial charge in [-0.3, -0.25) is 4.99 Å². The fraction of sp³-hybridized carbons (Fsp3) is 0.667. The molecule has 0 aromatic heterocycles. The third-order valence-corrected chi connectivity index (χ3v) is 4.08. The number of rotatable bonds is 14. The zero-order chi connectivity index (χ0) is 20.6. The van der Waals surface area contributed by atoms with E-state index in [-0.39, 0.29) is 6.04 Å². The van der Waals surface area contributed by atoms with Crippen LogP contribution < -0.4 is 20.1 Å². The third kappa shape index (κ3) is 9.28. The number of hydrogen-bond acceptors (Lipinski definition) is 5. The van der Waals surface area contributed by atoms with Crippen LogP contribution in [0.5, 0.6) is 11.5 Å². The van der Waals surface area contributed by atoms with Crippen LogP contribution in [-0.2, 0) is 9.47 Å². The highest BCUT2D eigenvalue weighted by Gasteiger charge is 2.12. The third-order valence-electron chi connectivity index (χ3n) is 4.08. The number of nitrogens with one attached hydrogen (secondary N) is 2. The number of ether oxygens (including phenoxy) is 4. The molecule has 7 nitrogen and oxygen atoms in total. The molecule has 0 aliphatic carbocycles. The molecule has 0 bridgehead atoms. The minimum atomic E-state index is 0.0819. The van der Waals surface area contributed by atoms with Gasteiger partial charge in [0.05, 0.1) is 32.5 Å². The van der Waals surface area contributed by atoms with E-state index < -0.39 is 0 Å². The maximum absolute atomic E-state index is 5.72. The number of hydrogen-bond donors (Lipinski definition) is 2. The van der Waals surface area contributed by atoms with Crippen LogP contribution in [0.15, 0.2) is 23.2 Å². The molecule has 0 aliphatic rings. The molecule has 1 aromatic rings. The van der Waals surface area contributed by atoms with Crippen molar-refractivity contribution >= 4 is 5.96 Å². The van der Waals surface area contributed by atoms with Crippen molar-refractivity contribution < 1.29 is 18.9 Å². The van der Waals surface area contributed by atoms with Gasteiger partial charge in [0.25, 0.3) is 0 Å². The van der Waals surface area contributed by atoms with E-state index in [1.807, 2.05) is 26.0 Å². The maximum atomic E-state index is 5.72. The summed E-state index contributed by atoms with van der Waals surface area (Å²) in [6.45, 7) is 10.1. The van der Waals surface area contributed by atoms with Crippen molar-refractivity contribution in [2.24, 2.45) is 4.99 Å². The molecule has 0 saturated heterocycles. The molecule has 1 unspecified atom stereocenters. The predicted octanol–water partition coefficient (Wildman–Crippen LogP) is 3.15. The monoisotopic (exact) mass is 395 g/mol. The number of methoxy groups -OCH3 is 1. The molecule has 1 atom stereocenters. The van der Waals surface area contributed by atoms with Crippen molar-refractivity contribution in [3.63, 3.8) is 0 Å². The van der Waals surface area contributed by atoms with Crippen molar-refractivity contribution in [2.75, 3.05) is 53.7 Å². The lowest BCUT2D eigenvalue weighted by molar-refractivity contribution is 0.0689. The first kappa shape index (κ1) is 24.0. The molecule has 1 aromatic carbocycles. The first-order chi connectivity index (χ1) is 13.7. The Kier molecular flexibility index (Phi) is 12.9. The summed E-state index contributed by atoms with van der Waals surface area (Å²) in [7, 11) is 3.46. The van der Waals surface area contributed by atoms with E-state index >= 15 is 0 Å². The van der Waals surface area contributed by atoms with Crippen molar-refractivity contribution in [1.82, 2.24) is 10.6 Å². The molecule has 7 heteroatoms. The first-order valence-corrected chi connectivity index (χ1v) is 10.1. The van der Waals surface area contributed by atoms with E-state index in [4.69, 9.17) is 18.9 Å². The lowest BCUT2D eigenvalue weighted by atomic mass is 10.1. The Morgan fingerprint density at radius 3 is 2.46 bits per heavy atom. The number of unbranched alkanes of at least 4 members (excludes halogenated alkanes) is 1. The summed E-state index contributed by atoms with van der Waals surface area (Å²) in [6, 6.07) is 6.12. The first-order valence-electron chi connectivity index (χ1n) is 10.1. The predicted molar refractivity (Wildman–Crippen MR) is 114 cm³/mol. The van der Waals surface area contributed by atoms with Crippen molar-refractivity contribution in [2.45, 2.75) is 39.7 Å². The fourth-order valence-electron chi connectivity index (χ4n) is 2.60. The summed E-state index contributed by atoms with van der Waals surface area (Å²) >= 11 is 0. The second-order valence-electron chi connectivity index (χ2n) is 6.25. The molecule has 0 radical (unpaired) electrons. The highest BCUT2D eigenvalue weighted by Crippen LogP contribution is 2.30. The van der Waals surface area contributed by atoms with Gasteiger partial charge >= 0.3 is 0 Å². The standard InChI is InChI=1S/C21H37N3O4/c1-6-27-19-11-10-18(16-20(19)28-7-2)17(3)24-21(22-4)23-12-8-9-13-26-15-14-25-5/h10-11,16-17H,6-9,12-15H2,1-5H3,(H2,22,23,24). The van der Waals surface area contributed by atoms with Gasteiger partial charge in [-0.05, 0) is 51.3 Å². The SMILES string of the molecule is CCOc1ccc(C(C)NC(=NC)NCCCCOCCOC)cc1OCC. The van der Waals surface area contributed by atoms with Gasteiger partial charge in [-0.1, -0.05) is 6.07 Å². The van der Waals surface area contributed by atoms with Crippen molar-refractivity contribution in [3.8, 4) is 11.5 Å². The Labute approximate surface area is 169 Å². The van der Waals surface area contributed by atoms with Gasteiger partial charge < -0.3 is 29.6 Å². The van der Waals surface area contributed by atoms with E-state index in [0.717, 1.165) is 49.0 Å². The highest BCUT2D eigenvalue weighted by atomic mass is 16.5. The summed E-state index contributed by atoms with van der Waals surface area (Å²) in [4.78, 5) is 4.31. The molecule has 0 saturated carbocycles. The Balaban J connectivity index is 2.46. The summed E-state index contributed by atoms with van der Waals surface area (Å²) in [6.07, 6.45) is 2.01. The molecule has 2 N–H and O–H groups in total. The van der Waals surface area contributed by atoms with Crippen LogP contribution in [0.2, 0.25) is 0 Å². The van der Waals surface area contributed by atoms with Crippen molar-refractivity contribution in [1.29, 1.82) is 0 Å². The fourth-order valence-corrected chi connectivity index (χ4v) is 2.60. The van der Waals surface area contributed by atoms with E-state index in [1.165, 1.54) is 0 Å². The lowest BCUT2D eigenvalue weighted by Crippen LogP contribution is -2.39. The van der Waals surface area contributed by atoms with Gasteiger partial charge in [0.15, 0.2) is 17.5 Å². The Morgan fingerprint density at radius 2 is 1.79 bits per heavy atom. The minimum Gasteiger partial charge on any atom is -0.490 e. The Morgan fingerprint density at radius 1 is 1.04 bits per heavy atom. The number of guanidine groups is 1. The summed E-state index contributed by atoms with van der Waals surface area (Å²) in [5.74, 6) is 2.32. The van der Waals surface area contributed by atoms with E-state index in [9.17, 15) is 0 Å². The van der Waals surface area contributed by atoms with Crippen LogP contribution in [0.3, 0.4) is 0 Å². The normalized spacial score (nSPS) is 12.5. The highest BCUT2D eigenvalue weighted by molar-refractivity contribution is 5.80. The molecule has 0 fully saturated rings. The van der Waals surface area contributed by atoms with Gasteiger partial charge in [0.1, 0.15) is 0 Å². The molecule has 0 heterocycles. The van der Waals surface area contributed by atoms with Crippen LogP contribution in [0.4, 0.5) is 0 Å². The quantitative estimate of drug-likeness (QED) is 0.286. The molecular formula is C21H37N3O4. The summed E-state index contributed by atoms with van der Waals surface area (Å²) in [5.41, 5.74) is 1.11. The maximum Gasteiger partial charge on any atom is 0.191 e. The minimum absolute atomic E-state index is 0.0819. The lowest BCUT2D eigenvalue weighted by Gasteiger charge is -2.20. The number of benzene rings is 1. The van der Waals surface area contributed by atoms with Crippen molar-refractivity contribution in [3.05, 3.63) is 23.8 Å². The number of nitrogens with zero attached hydrogens (tertiary/aromatic N) is 1. The van der Waals surface area contributed by atoms with Gasteiger partial charge in [0, 0.05) is 27.3 Å². The second kappa shape index (κ2) is 15.0. The smallest absolute Gasteiger partial charge is 0.191 e. The molecule has 0 aliphatic heterocycles. The topological polar surface area (TPSA) is 73.3 Å². The zero-order valence-corrected chi connectivity index (χ0v) is 18.0. The van der Waals surface area contributed by atoms with E-state index in [0.29, 0.717) is 26.4 Å². The van der Waals surface area contributed by atoms with Crippen LogP contribution in [0, 0.1) is 0 Å². The molecule has 160 valence electrons. The van der Waals surface area contributed by atoms with Crippen LogP contribution in [0.1, 0.15) is 45.2 Å². The summed E-state index contributed by atoms with van der Waals surface area (Å²) < 4.78 is 21.8. The zero-order valence-electron chi connectivity index (χ0n) is 18.0. The van der Waals surface area contributed by atoms with Gasteiger partial charge in [-0.25, -0.2) is 0 Å². The van der Waals surface area contributed by atoms with Gasteiger partial charge in [-0.15, -0.1) is 0 Å².